The molecule has 0 spiro atoms. The van der Waals surface area contributed by atoms with Crippen molar-refractivity contribution >= 4 is 21.8 Å². The summed E-state index contributed by atoms with van der Waals surface area (Å²) in [5.41, 5.74) is 1.14. The second kappa shape index (κ2) is 5.55. The van der Waals surface area contributed by atoms with E-state index in [1.165, 1.54) is 0 Å². The number of aliphatic hydroxyl groups is 1. The monoisotopic (exact) mass is 307 g/mol. The molecule has 94 valence electrons. The maximum atomic E-state index is 12.7. The predicted molar refractivity (Wildman–Crippen MR) is 63.2 cm³/mol. The predicted octanol–water partition coefficient (Wildman–Crippen LogP) is 2.11. The van der Waals surface area contributed by atoms with Crippen LogP contribution >= 0.6 is 15.9 Å². The van der Waals surface area contributed by atoms with E-state index >= 15 is 0 Å². The van der Waals surface area contributed by atoms with E-state index in [0.29, 0.717) is 10.0 Å². The highest BCUT2D eigenvalue weighted by Gasteiger charge is 2.28. The van der Waals surface area contributed by atoms with Crippen LogP contribution in [0.25, 0.3) is 0 Å². The third-order valence-corrected chi connectivity index (χ3v) is 2.50. The molecule has 0 aliphatic rings. The fraction of sp³-hybridized carbons (Fsp3) is 0.364. The molecule has 6 heteroatoms. The molecule has 1 amide bonds. The van der Waals surface area contributed by atoms with Crippen molar-refractivity contribution in [3.05, 3.63) is 33.8 Å². The lowest BCUT2D eigenvalue weighted by Gasteiger charge is -2.14. The molecule has 0 heterocycles. The Labute approximate surface area is 106 Å². The lowest BCUT2D eigenvalue weighted by atomic mass is 10.1. The van der Waals surface area contributed by atoms with Gasteiger partial charge in [0.1, 0.15) is 6.61 Å². The smallest absolute Gasteiger partial charge is 0.287 e. The summed E-state index contributed by atoms with van der Waals surface area (Å²) in [5.74, 6) is -3.89. The molecule has 0 fully saturated rings. The third kappa shape index (κ3) is 4.40. The first kappa shape index (κ1) is 14.1. The Balaban J connectivity index is 2.70. The number of carbonyl (C=O) groups excluding carboxylic acids is 1. The first-order valence-corrected chi connectivity index (χ1v) is 5.67. The topological polar surface area (TPSA) is 49.3 Å². The molecule has 0 aliphatic heterocycles. The highest BCUT2D eigenvalue weighted by molar-refractivity contribution is 9.10. The van der Waals surface area contributed by atoms with Gasteiger partial charge in [0.25, 0.3) is 11.8 Å². The second-order valence-electron chi connectivity index (χ2n) is 3.71. The van der Waals surface area contributed by atoms with E-state index in [1.807, 2.05) is 0 Å². The van der Waals surface area contributed by atoms with Gasteiger partial charge in [0.05, 0.1) is 6.54 Å². The molecule has 0 atom stereocenters. The summed E-state index contributed by atoms with van der Waals surface area (Å²) in [7, 11) is 0. The van der Waals surface area contributed by atoms with Crippen LogP contribution in [0.3, 0.4) is 0 Å². The minimum absolute atomic E-state index is 0.297. The van der Waals surface area contributed by atoms with Crippen molar-refractivity contribution in [3.63, 3.8) is 0 Å². The van der Waals surface area contributed by atoms with E-state index in [2.05, 4.69) is 21.2 Å². The first-order valence-electron chi connectivity index (χ1n) is 4.88. The van der Waals surface area contributed by atoms with Crippen LogP contribution in [0.5, 0.6) is 0 Å². The molecule has 1 aromatic rings. The van der Waals surface area contributed by atoms with Crippen LogP contribution in [0, 0.1) is 6.92 Å². The summed E-state index contributed by atoms with van der Waals surface area (Å²) in [6, 6.07) is 4.94. The molecule has 0 aromatic heterocycles. The zero-order valence-corrected chi connectivity index (χ0v) is 10.7. The number of aliphatic hydroxyl groups excluding tert-OH is 1. The van der Waals surface area contributed by atoms with Gasteiger partial charge in [0, 0.05) is 10.0 Å². The van der Waals surface area contributed by atoms with Gasteiger partial charge in [-0.25, -0.2) is 8.78 Å². The van der Waals surface area contributed by atoms with Crippen LogP contribution < -0.4 is 5.32 Å². The van der Waals surface area contributed by atoms with E-state index < -0.39 is 25.0 Å². The summed E-state index contributed by atoms with van der Waals surface area (Å²) in [4.78, 5) is 11.6. The lowest BCUT2D eigenvalue weighted by Crippen LogP contribution is -2.39. The maximum Gasteiger partial charge on any atom is 0.287 e. The fourth-order valence-electron chi connectivity index (χ4n) is 1.23. The van der Waals surface area contributed by atoms with Crippen molar-refractivity contribution in [1.82, 2.24) is 5.32 Å². The third-order valence-electron chi connectivity index (χ3n) is 2.04. The number of hydrogen-bond donors (Lipinski definition) is 2. The standard InChI is InChI=1S/C11H12BrF2NO2/c1-7-2-8(4-9(12)3-7)10(17)15-5-11(13,14)6-16/h2-4,16H,5-6H2,1H3,(H,15,17). The Kier molecular flexibility index (Phi) is 4.59. The number of rotatable bonds is 4. The van der Waals surface area contributed by atoms with Crippen molar-refractivity contribution in [1.29, 1.82) is 0 Å². The molecule has 2 N–H and O–H groups in total. The fourth-order valence-corrected chi connectivity index (χ4v) is 1.84. The van der Waals surface area contributed by atoms with E-state index in [4.69, 9.17) is 5.11 Å². The van der Waals surface area contributed by atoms with Gasteiger partial charge in [-0.1, -0.05) is 15.9 Å². The number of alkyl halides is 2. The van der Waals surface area contributed by atoms with Gasteiger partial charge in [-0.3, -0.25) is 4.79 Å². The number of halogens is 3. The number of hydrogen-bond acceptors (Lipinski definition) is 2. The van der Waals surface area contributed by atoms with E-state index in [9.17, 15) is 13.6 Å². The Bertz CT molecular complexity index is 404. The molecule has 0 unspecified atom stereocenters. The van der Waals surface area contributed by atoms with E-state index in [1.54, 1.807) is 25.1 Å². The molecule has 0 radical (unpaired) electrons. The van der Waals surface area contributed by atoms with Crippen LogP contribution in [0.4, 0.5) is 8.78 Å². The second-order valence-corrected chi connectivity index (χ2v) is 4.63. The summed E-state index contributed by atoms with van der Waals surface area (Å²) in [6.45, 7) is -0.372. The molecule has 1 aromatic carbocycles. The van der Waals surface area contributed by atoms with Crippen molar-refractivity contribution in [3.8, 4) is 0 Å². The maximum absolute atomic E-state index is 12.7. The molecule has 0 saturated carbocycles. The number of aryl methyl sites for hydroxylation is 1. The van der Waals surface area contributed by atoms with Gasteiger partial charge in [-0.2, -0.15) is 0 Å². The van der Waals surface area contributed by atoms with Gasteiger partial charge in [0.2, 0.25) is 0 Å². The summed E-state index contributed by atoms with van der Waals surface area (Å²) < 4.78 is 26.1. The molecular formula is C11H12BrF2NO2. The van der Waals surface area contributed by atoms with Crippen molar-refractivity contribution in [2.75, 3.05) is 13.2 Å². The minimum atomic E-state index is -3.29. The minimum Gasteiger partial charge on any atom is -0.390 e. The molecule has 3 nitrogen and oxygen atoms in total. The average molecular weight is 308 g/mol. The molecule has 0 aliphatic carbocycles. The molecule has 1 rings (SSSR count). The van der Waals surface area contributed by atoms with Crippen molar-refractivity contribution < 1.29 is 18.7 Å². The Morgan fingerprint density at radius 1 is 1.47 bits per heavy atom. The van der Waals surface area contributed by atoms with Gasteiger partial charge < -0.3 is 10.4 Å². The Morgan fingerprint density at radius 2 is 2.12 bits per heavy atom. The van der Waals surface area contributed by atoms with Crippen molar-refractivity contribution in [2.24, 2.45) is 0 Å². The quantitative estimate of drug-likeness (QED) is 0.895. The van der Waals surface area contributed by atoms with Crippen LogP contribution in [0.15, 0.2) is 22.7 Å². The highest BCUT2D eigenvalue weighted by Crippen LogP contribution is 2.16. The summed E-state index contributed by atoms with van der Waals surface area (Å²) in [5, 5.41) is 10.4. The van der Waals surface area contributed by atoms with Crippen LogP contribution in [0.1, 0.15) is 15.9 Å². The van der Waals surface area contributed by atoms with Gasteiger partial charge in [-0.05, 0) is 30.7 Å². The van der Waals surface area contributed by atoms with Crippen LogP contribution in [-0.2, 0) is 0 Å². The number of carbonyl (C=O) groups is 1. The number of amides is 1. The van der Waals surface area contributed by atoms with Crippen molar-refractivity contribution in [2.45, 2.75) is 12.8 Å². The van der Waals surface area contributed by atoms with E-state index in [-0.39, 0.29) is 0 Å². The normalized spacial score (nSPS) is 11.4. The van der Waals surface area contributed by atoms with Gasteiger partial charge in [-0.15, -0.1) is 0 Å². The van der Waals surface area contributed by atoms with E-state index in [0.717, 1.165) is 5.56 Å². The molecular weight excluding hydrogens is 296 g/mol. The zero-order chi connectivity index (χ0) is 13.1. The van der Waals surface area contributed by atoms with Gasteiger partial charge in [0.15, 0.2) is 0 Å². The molecule has 0 saturated heterocycles. The number of benzene rings is 1. The van der Waals surface area contributed by atoms with Crippen LogP contribution in [0.2, 0.25) is 0 Å². The SMILES string of the molecule is Cc1cc(Br)cc(C(=O)NCC(F)(F)CO)c1. The summed E-state index contributed by atoms with van der Waals surface area (Å²) >= 11 is 3.22. The highest BCUT2D eigenvalue weighted by atomic mass is 79.9. The zero-order valence-electron chi connectivity index (χ0n) is 9.14. The van der Waals surface area contributed by atoms with Gasteiger partial charge >= 0.3 is 0 Å². The molecule has 0 bridgehead atoms. The molecule has 17 heavy (non-hydrogen) atoms. The average Bonchev–Trinajstić information content (AvgIpc) is 2.24. The Morgan fingerprint density at radius 3 is 2.65 bits per heavy atom. The first-order chi connectivity index (χ1) is 7.84. The number of nitrogens with one attached hydrogen (secondary N) is 1. The summed E-state index contributed by atoms with van der Waals surface area (Å²) in [6.07, 6.45) is 0. The van der Waals surface area contributed by atoms with Crippen LogP contribution in [-0.4, -0.2) is 30.1 Å². The largest absolute Gasteiger partial charge is 0.390 e. The Hall–Kier alpha value is -1.01. The lowest BCUT2D eigenvalue weighted by molar-refractivity contribution is -0.0462.